The summed E-state index contributed by atoms with van der Waals surface area (Å²) >= 11 is 6.56. The lowest BCUT2D eigenvalue weighted by atomic mass is 9.95. The minimum absolute atomic E-state index is 0.178. The second-order valence-electron chi connectivity index (χ2n) is 10.9. The number of aliphatic hydroxyl groups excluding tert-OH is 1. The zero-order chi connectivity index (χ0) is 36.9. The van der Waals surface area contributed by atoms with Gasteiger partial charge in [-0.05, 0) is 80.8 Å². The summed E-state index contributed by atoms with van der Waals surface area (Å²) in [6.45, 7) is 7.93. The molecule has 2 amide bonds. The van der Waals surface area contributed by atoms with Gasteiger partial charge < -0.3 is 44.2 Å². The minimum atomic E-state index is -1.21. The smallest absolute Gasteiger partial charge is 0.338 e. The van der Waals surface area contributed by atoms with Gasteiger partial charge in [0.05, 0.1) is 55.3 Å². The van der Waals surface area contributed by atoms with Crippen molar-refractivity contribution in [1.29, 1.82) is 0 Å². The van der Waals surface area contributed by atoms with Crippen LogP contribution in [-0.2, 0) is 20.9 Å². The maximum Gasteiger partial charge on any atom is 0.338 e. The lowest BCUT2D eigenvalue weighted by molar-refractivity contribution is -0.136. The molecule has 2 atom stereocenters. The highest BCUT2D eigenvalue weighted by atomic mass is 35.5. The Kier molecular flexibility index (Phi) is 13.9. The fourth-order valence-corrected chi connectivity index (χ4v) is 5.27. The molecule has 3 aromatic carbocycles. The van der Waals surface area contributed by atoms with Crippen LogP contribution in [0.3, 0.4) is 0 Å². The van der Waals surface area contributed by atoms with E-state index in [2.05, 4.69) is 21.2 Å². The summed E-state index contributed by atoms with van der Waals surface area (Å²) in [4.78, 5) is 36.6. The molecule has 14 nitrogen and oxygen atoms in total. The number of allylic oxidation sites excluding steroid dienone is 1. The number of benzene rings is 3. The third kappa shape index (κ3) is 10.3. The SMILES string of the molecule is CCOC(=O)c1ccc(COc2c(Cl)cc(/C=N/N[C@@H](O)COc3ccc([C@H]4NC(=O)NC(C)=C4C(=O)OC)cc3OCC)cc2OCC)cc1. The molecule has 51 heavy (non-hydrogen) atoms. The molecule has 0 bridgehead atoms. The van der Waals surface area contributed by atoms with E-state index >= 15 is 0 Å². The second kappa shape index (κ2) is 18.5. The standard InChI is InChI=1S/C36H41ClN4O10/c1-6-47-28-17-25(32-31(35(44)46-5)21(4)39-36(45)40-32)13-14-27(28)50-20-30(42)41-38-18-23-15-26(37)33(29(16-23)48-7-2)51-19-22-9-11-24(12-10-22)34(43)49-8-3/h9-18,30,32,41-42H,6-8,19-20H2,1-5H3,(H2,39,40,45)/b38-18+/t30-,32+/m0/s1. The molecule has 0 unspecified atom stereocenters. The fourth-order valence-electron chi connectivity index (χ4n) is 4.99. The molecule has 4 N–H and O–H groups in total. The van der Waals surface area contributed by atoms with E-state index in [0.717, 1.165) is 5.56 Å². The number of rotatable bonds is 17. The highest BCUT2D eigenvalue weighted by Gasteiger charge is 2.32. The molecular formula is C36H41ClN4O10. The Morgan fingerprint density at radius 2 is 1.67 bits per heavy atom. The number of esters is 2. The number of nitrogens with one attached hydrogen (secondary N) is 3. The third-order valence-corrected chi connectivity index (χ3v) is 7.57. The van der Waals surface area contributed by atoms with E-state index < -0.39 is 30.2 Å². The van der Waals surface area contributed by atoms with Gasteiger partial charge in [-0.3, -0.25) is 5.43 Å². The number of hydrogen-bond acceptors (Lipinski definition) is 12. The van der Waals surface area contributed by atoms with Crippen LogP contribution in [0.25, 0.3) is 0 Å². The number of nitrogens with zero attached hydrogens (tertiary/aromatic N) is 1. The van der Waals surface area contributed by atoms with Crippen molar-refractivity contribution in [2.75, 3.05) is 33.5 Å². The first-order valence-corrected chi connectivity index (χ1v) is 16.5. The largest absolute Gasteiger partial charge is 0.490 e. The molecular weight excluding hydrogens is 684 g/mol. The molecule has 3 aromatic rings. The summed E-state index contributed by atoms with van der Waals surface area (Å²) in [5.41, 5.74) is 5.63. The van der Waals surface area contributed by atoms with Gasteiger partial charge in [0.1, 0.15) is 13.2 Å². The summed E-state index contributed by atoms with van der Waals surface area (Å²) in [7, 11) is 1.26. The molecule has 0 fully saturated rings. The first-order chi connectivity index (χ1) is 24.6. The number of ether oxygens (including phenoxy) is 6. The van der Waals surface area contributed by atoms with Crippen LogP contribution in [0.4, 0.5) is 4.79 Å². The minimum Gasteiger partial charge on any atom is -0.490 e. The zero-order valence-corrected chi connectivity index (χ0v) is 29.7. The van der Waals surface area contributed by atoms with E-state index in [1.807, 2.05) is 6.92 Å². The van der Waals surface area contributed by atoms with Gasteiger partial charge in [-0.1, -0.05) is 29.8 Å². The Bertz CT molecular complexity index is 1760. The van der Waals surface area contributed by atoms with Crippen molar-refractivity contribution < 1.29 is 47.9 Å². The van der Waals surface area contributed by atoms with Crippen LogP contribution < -0.4 is 35.0 Å². The van der Waals surface area contributed by atoms with E-state index in [1.165, 1.54) is 13.3 Å². The van der Waals surface area contributed by atoms with Crippen molar-refractivity contribution in [3.63, 3.8) is 0 Å². The molecule has 0 spiro atoms. The highest BCUT2D eigenvalue weighted by molar-refractivity contribution is 6.32. The van der Waals surface area contributed by atoms with Crippen LogP contribution in [0.5, 0.6) is 23.0 Å². The highest BCUT2D eigenvalue weighted by Crippen LogP contribution is 2.37. The Morgan fingerprint density at radius 1 is 0.941 bits per heavy atom. The van der Waals surface area contributed by atoms with Crippen LogP contribution in [0.2, 0.25) is 5.02 Å². The van der Waals surface area contributed by atoms with E-state index in [4.69, 9.17) is 40.0 Å². The summed E-state index contributed by atoms with van der Waals surface area (Å²) in [6.07, 6.45) is 0.243. The predicted molar refractivity (Wildman–Crippen MR) is 188 cm³/mol. The monoisotopic (exact) mass is 724 g/mol. The van der Waals surface area contributed by atoms with Crippen molar-refractivity contribution in [1.82, 2.24) is 16.1 Å². The van der Waals surface area contributed by atoms with Gasteiger partial charge in [-0.25, -0.2) is 14.4 Å². The van der Waals surface area contributed by atoms with Gasteiger partial charge >= 0.3 is 18.0 Å². The van der Waals surface area contributed by atoms with Gasteiger partial charge in [0.25, 0.3) is 0 Å². The quantitative estimate of drug-likeness (QED) is 0.0637. The summed E-state index contributed by atoms with van der Waals surface area (Å²) in [6, 6.07) is 13.9. The van der Waals surface area contributed by atoms with Crippen molar-refractivity contribution in [3.05, 3.63) is 93.1 Å². The number of amides is 2. The van der Waals surface area contributed by atoms with Gasteiger partial charge in [0.15, 0.2) is 29.2 Å². The number of urea groups is 1. The van der Waals surface area contributed by atoms with Gasteiger partial charge in [-0.15, -0.1) is 0 Å². The number of halogens is 1. The third-order valence-electron chi connectivity index (χ3n) is 7.29. The number of hydrazone groups is 1. The van der Waals surface area contributed by atoms with E-state index in [-0.39, 0.29) is 23.8 Å². The summed E-state index contributed by atoms with van der Waals surface area (Å²) in [5.74, 6) is 0.432. The topological polar surface area (TPSA) is 175 Å². The Labute approximate surface area is 300 Å². The lowest BCUT2D eigenvalue weighted by Crippen LogP contribution is -2.45. The fraction of sp³-hybridized carbons (Fsp3) is 0.333. The molecule has 0 aromatic heterocycles. The molecule has 0 radical (unpaired) electrons. The first kappa shape index (κ1) is 38.3. The average molecular weight is 725 g/mol. The summed E-state index contributed by atoms with van der Waals surface area (Å²) < 4.78 is 33.3. The summed E-state index contributed by atoms with van der Waals surface area (Å²) in [5, 5.41) is 20.3. The molecule has 0 saturated carbocycles. The Balaban J connectivity index is 1.38. The zero-order valence-electron chi connectivity index (χ0n) is 28.9. The van der Waals surface area contributed by atoms with Gasteiger partial charge in [-0.2, -0.15) is 5.10 Å². The predicted octanol–water partition coefficient (Wildman–Crippen LogP) is 5.01. The maximum atomic E-state index is 12.5. The number of carbonyl (C=O) groups excluding carboxylic acids is 3. The van der Waals surface area contributed by atoms with Crippen molar-refractivity contribution in [3.8, 4) is 23.0 Å². The van der Waals surface area contributed by atoms with Crippen molar-refractivity contribution in [2.24, 2.45) is 5.10 Å². The van der Waals surface area contributed by atoms with Gasteiger partial charge in [0, 0.05) is 5.70 Å². The maximum absolute atomic E-state index is 12.5. The molecule has 1 aliphatic rings. The number of methoxy groups -OCH3 is 1. The molecule has 272 valence electrons. The molecule has 4 rings (SSSR count). The van der Waals surface area contributed by atoms with Gasteiger partial charge in [0.2, 0.25) is 0 Å². The van der Waals surface area contributed by atoms with Crippen LogP contribution in [0, 0.1) is 0 Å². The average Bonchev–Trinajstić information content (AvgIpc) is 3.10. The molecule has 0 aliphatic carbocycles. The first-order valence-electron chi connectivity index (χ1n) is 16.2. The van der Waals surface area contributed by atoms with Crippen molar-refractivity contribution >= 4 is 35.8 Å². The normalized spacial score (nSPS) is 14.6. The number of hydrogen-bond donors (Lipinski definition) is 4. The lowest BCUT2D eigenvalue weighted by Gasteiger charge is -2.28. The van der Waals surface area contributed by atoms with E-state index in [1.54, 1.807) is 75.4 Å². The molecule has 1 heterocycles. The van der Waals surface area contributed by atoms with Crippen LogP contribution in [0.1, 0.15) is 60.8 Å². The number of aliphatic hydroxyl groups is 1. The van der Waals surface area contributed by atoms with E-state index in [0.29, 0.717) is 65.2 Å². The van der Waals surface area contributed by atoms with Crippen LogP contribution >= 0.6 is 11.6 Å². The second-order valence-corrected chi connectivity index (χ2v) is 11.3. The number of carbonyl (C=O) groups is 3. The molecule has 0 saturated heterocycles. The van der Waals surface area contributed by atoms with Crippen LogP contribution in [-0.4, -0.2) is 69.1 Å². The van der Waals surface area contributed by atoms with E-state index in [9.17, 15) is 19.5 Å². The Morgan fingerprint density at radius 3 is 2.35 bits per heavy atom. The van der Waals surface area contributed by atoms with Crippen molar-refractivity contribution in [2.45, 2.75) is 46.6 Å². The molecule has 15 heteroatoms. The molecule has 1 aliphatic heterocycles. The van der Waals surface area contributed by atoms with Crippen LogP contribution in [0.15, 0.2) is 71.0 Å². The Hall–Kier alpha value is -5.47.